The summed E-state index contributed by atoms with van der Waals surface area (Å²) in [6, 6.07) is 0.280. The van der Waals surface area contributed by atoms with E-state index in [1.54, 1.807) is 0 Å². The number of amides is 2. The Hall–Kier alpha value is -0.560. The first-order chi connectivity index (χ1) is 10.5. The van der Waals surface area contributed by atoms with Crippen molar-refractivity contribution in [3.63, 3.8) is 0 Å². The topological polar surface area (TPSA) is 78.7 Å². The van der Waals surface area contributed by atoms with Gasteiger partial charge >= 0.3 is 0 Å². The first kappa shape index (κ1) is 23.4. The number of carbonyl (C=O) groups is 2. The third kappa shape index (κ3) is 8.01. The van der Waals surface area contributed by atoms with Crippen LogP contribution in [-0.2, 0) is 9.59 Å². The molecule has 1 saturated heterocycles. The van der Waals surface area contributed by atoms with Gasteiger partial charge in [0.2, 0.25) is 11.8 Å². The van der Waals surface area contributed by atoms with Crippen molar-refractivity contribution in [3.8, 4) is 0 Å². The summed E-state index contributed by atoms with van der Waals surface area (Å²) in [5, 5.41) is 3.15. The predicted octanol–water partition coefficient (Wildman–Crippen LogP) is 1.16. The Bertz CT molecular complexity index is 382. The Morgan fingerprint density at radius 3 is 2.21 bits per heavy atom. The molecule has 1 heterocycles. The summed E-state index contributed by atoms with van der Waals surface area (Å²) < 4.78 is 0. The lowest BCUT2D eigenvalue weighted by atomic mass is 9.95. The van der Waals surface area contributed by atoms with E-state index in [0.717, 1.165) is 25.9 Å². The maximum Gasteiger partial charge on any atom is 0.234 e. The zero-order chi connectivity index (χ0) is 15.9. The molecule has 0 spiro atoms. The van der Waals surface area contributed by atoms with Gasteiger partial charge in [-0.1, -0.05) is 19.3 Å². The molecule has 6 nitrogen and oxygen atoms in total. The van der Waals surface area contributed by atoms with Gasteiger partial charge in [-0.2, -0.15) is 0 Å². The summed E-state index contributed by atoms with van der Waals surface area (Å²) in [7, 11) is 0. The van der Waals surface area contributed by atoms with Crippen LogP contribution in [-0.4, -0.2) is 66.4 Å². The lowest BCUT2D eigenvalue weighted by Crippen LogP contribution is -2.52. The molecule has 2 amide bonds. The van der Waals surface area contributed by atoms with Gasteiger partial charge < -0.3 is 16.0 Å². The predicted molar refractivity (Wildman–Crippen MR) is 101 cm³/mol. The standard InChI is InChI=1S/C16H30N4O2.2ClH/c1-13(17)11-16(22)20-9-7-19(8-10-20)12-15(21)18-14-5-3-2-4-6-14;;/h13-14H,2-12,17H2,1H3,(H,18,21);2*1H. The Morgan fingerprint density at radius 2 is 1.67 bits per heavy atom. The second-order valence-corrected chi connectivity index (χ2v) is 6.74. The van der Waals surface area contributed by atoms with Crippen molar-refractivity contribution in [2.45, 2.75) is 57.5 Å². The fourth-order valence-electron chi connectivity index (χ4n) is 3.28. The van der Waals surface area contributed by atoms with Crippen LogP contribution in [0.3, 0.4) is 0 Å². The smallest absolute Gasteiger partial charge is 0.234 e. The number of piperazine rings is 1. The third-order valence-electron chi connectivity index (χ3n) is 4.56. The highest BCUT2D eigenvalue weighted by Gasteiger charge is 2.23. The van der Waals surface area contributed by atoms with Crippen molar-refractivity contribution in [2.24, 2.45) is 5.73 Å². The number of hydrogen-bond acceptors (Lipinski definition) is 4. The van der Waals surface area contributed by atoms with Crippen LogP contribution in [0.4, 0.5) is 0 Å². The van der Waals surface area contributed by atoms with Crippen LogP contribution >= 0.6 is 24.8 Å². The highest BCUT2D eigenvalue weighted by atomic mass is 35.5. The normalized spacial score (nSPS) is 20.5. The SMILES string of the molecule is CC(N)CC(=O)N1CCN(CC(=O)NC2CCCCC2)CC1.Cl.Cl. The number of nitrogens with two attached hydrogens (primary N) is 1. The second-order valence-electron chi connectivity index (χ2n) is 6.74. The van der Waals surface area contributed by atoms with E-state index in [1.807, 2.05) is 11.8 Å². The van der Waals surface area contributed by atoms with E-state index in [4.69, 9.17) is 5.73 Å². The number of hydrogen-bond donors (Lipinski definition) is 2. The van der Waals surface area contributed by atoms with Gasteiger partial charge in [0.25, 0.3) is 0 Å². The molecule has 2 rings (SSSR count). The average molecular weight is 383 g/mol. The molecule has 3 N–H and O–H groups in total. The van der Waals surface area contributed by atoms with Crippen molar-refractivity contribution in [1.29, 1.82) is 0 Å². The molecule has 1 saturated carbocycles. The molecule has 0 aromatic rings. The number of nitrogens with zero attached hydrogens (tertiary/aromatic N) is 2. The van der Waals surface area contributed by atoms with Crippen molar-refractivity contribution in [1.82, 2.24) is 15.1 Å². The van der Waals surface area contributed by atoms with E-state index >= 15 is 0 Å². The zero-order valence-corrected chi connectivity index (χ0v) is 16.2. The largest absolute Gasteiger partial charge is 0.352 e. The minimum Gasteiger partial charge on any atom is -0.352 e. The Morgan fingerprint density at radius 1 is 1.08 bits per heavy atom. The molecule has 2 aliphatic rings. The highest BCUT2D eigenvalue weighted by Crippen LogP contribution is 2.17. The van der Waals surface area contributed by atoms with Gasteiger partial charge in [0.1, 0.15) is 0 Å². The number of rotatable bonds is 5. The monoisotopic (exact) mass is 382 g/mol. The van der Waals surface area contributed by atoms with Crippen molar-refractivity contribution < 1.29 is 9.59 Å². The van der Waals surface area contributed by atoms with Gasteiger partial charge in [0.05, 0.1) is 6.54 Å². The minimum atomic E-state index is -0.0909. The minimum absolute atomic E-state index is 0. The molecule has 0 aromatic heterocycles. The van der Waals surface area contributed by atoms with Crippen LogP contribution in [0.2, 0.25) is 0 Å². The maximum absolute atomic E-state index is 12.1. The molecule has 1 unspecified atom stereocenters. The summed E-state index contributed by atoms with van der Waals surface area (Å²) in [5.41, 5.74) is 5.67. The van der Waals surface area contributed by atoms with Crippen molar-refractivity contribution >= 4 is 36.6 Å². The molecular formula is C16H32Cl2N4O2. The summed E-state index contributed by atoms with van der Waals surface area (Å²) in [6.45, 7) is 5.23. The van der Waals surface area contributed by atoms with Gasteiger partial charge in [-0.05, 0) is 19.8 Å². The van der Waals surface area contributed by atoms with Crippen LogP contribution in [0.5, 0.6) is 0 Å². The lowest BCUT2D eigenvalue weighted by molar-refractivity contribution is -0.133. The van der Waals surface area contributed by atoms with Gasteiger partial charge in [-0.15, -0.1) is 24.8 Å². The van der Waals surface area contributed by atoms with Gasteiger partial charge in [-0.25, -0.2) is 0 Å². The van der Waals surface area contributed by atoms with Crippen molar-refractivity contribution in [3.05, 3.63) is 0 Å². The Labute approximate surface area is 157 Å². The molecule has 0 aromatic carbocycles. The van der Waals surface area contributed by atoms with Crippen LogP contribution in [0.1, 0.15) is 45.4 Å². The van der Waals surface area contributed by atoms with Crippen LogP contribution < -0.4 is 11.1 Å². The van der Waals surface area contributed by atoms with E-state index in [1.165, 1.54) is 19.3 Å². The molecule has 1 atom stereocenters. The third-order valence-corrected chi connectivity index (χ3v) is 4.56. The van der Waals surface area contributed by atoms with E-state index in [2.05, 4.69) is 10.2 Å². The van der Waals surface area contributed by atoms with E-state index < -0.39 is 0 Å². The van der Waals surface area contributed by atoms with Crippen molar-refractivity contribution in [2.75, 3.05) is 32.7 Å². The first-order valence-corrected chi connectivity index (χ1v) is 8.59. The summed E-state index contributed by atoms with van der Waals surface area (Å²) in [6.07, 6.45) is 6.39. The molecule has 8 heteroatoms. The van der Waals surface area contributed by atoms with Gasteiger partial charge in [0, 0.05) is 44.7 Å². The average Bonchev–Trinajstić information content (AvgIpc) is 2.48. The molecule has 1 aliphatic heterocycles. The quantitative estimate of drug-likeness (QED) is 0.747. The van der Waals surface area contributed by atoms with Crippen LogP contribution in [0.15, 0.2) is 0 Å². The molecule has 24 heavy (non-hydrogen) atoms. The molecule has 142 valence electrons. The summed E-state index contributed by atoms with van der Waals surface area (Å²) in [5.74, 6) is 0.253. The maximum atomic E-state index is 12.1. The molecular weight excluding hydrogens is 351 g/mol. The fraction of sp³-hybridized carbons (Fsp3) is 0.875. The number of nitrogens with one attached hydrogen (secondary N) is 1. The van der Waals surface area contributed by atoms with Gasteiger partial charge in [-0.3, -0.25) is 14.5 Å². The molecule has 0 radical (unpaired) electrons. The second kappa shape index (κ2) is 11.9. The zero-order valence-electron chi connectivity index (χ0n) is 14.5. The highest BCUT2D eigenvalue weighted by molar-refractivity contribution is 5.85. The number of carbonyl (C=O) groups excluding carboxylic acids is 2. The van der Waals surface area contributed by atoms with E-state index in [0.29, 0.717) is 32.1 Å². The Kier molecular flexibility index (Phi) is 11.6. The molecule has 1 aliphatic carbocycles. The molecule has 0 bridgehead atoms. The first-order valence-electron chi connectivity index (χ1n) is 8.59. The van der Waals surface area contributed by atoms with E-state index in [9.17, 15) is 9.59 Å². The number of halogens is 2. The fourth-order valence-corrected chi connectivity index (χ4v) is 3.28. The summed E-state index contributed by atoms with van der Waals surface area (Å²) >= 11 is 0. The summed E-state index contributed by atoms with van der Waals surface area (Å²) in [4.78, 5) is 28.0. The van der Waals surface area contributed by atoms with Crippen LogP contribution in [0.25, 0.3) is 0 Å². The Balaban J connectivity index is 0.00000264. The molecule has 2 fully saturated rings. The van der Waals surface area contributed by atoms with E-state index in [-0.39, 0.29) is 42.7 Å². The van der Waals surface area contributed by atoms with Crippen LogP contribution in [0, 0.1) is 0 Å². The lowest BCUT2D eigenvalue weighted by Gasteiger charge is -2.35. The van der Waals surface area contributed by atoms with Gasteiger partial charge in [0.15, 0.2) is 0 Å².